The lowest BCUT2D eigenvalue weighted by Crippen LogP contribution is -2.50. The van der Waals surface area contributed by atoms with Gasteiger partial charge in [-0.3, -0.25) is 0 Å². The zero-order valence-electron chi connectivity index (χ0n) is 9.01. The van der Waals surface area contributed by atoms with E-state index in [4.69, 9.17) is 21.4 Å². The molecular formula is C10H14ClN3O2. The average molecular weight is 244 g/mol. The molecule has 2 rings (SSSR count). The maximum Gasteiger partial charge on any atom is 0.151 e. The molecule has 2 unspecified atom stereocenters. The van der Waals surface area contributed by atoms with Crippen molar-refractivity contribution in [3.8, 4) is 0 Å². The summed E-state index contributed by atoms with van der Waals surface area (Å²) in [6, 6.07) is 0.190. The Balaban J connectivity index is 2.21. The van der Waals surface area contributed by atoms with E-state index in [1.807, 2.05) is 11.8 Å². The maximum absolute atomic E-state index is 9.09. The summed E-state index contributed by atoms with van der Waals surface area (Å²) in [5.74, 6) is 0.700. The van der Waals surface area contributed by atoms with E-state index in [1.54, 1.807) is 6.20 Å². The summed E-state index contributed by atoms with van der Waals surface area (Å²) in [6.45, 7) is 3.19. The monoisotopic (exact) mass is 243 g/mol. The Bertz CT molecular complexity index is 364. The van der Waals surface area contributed by atoms with Crippen LogP contribution in [0.3, 0.4) is 0 Å². The van der Waals surface area contributed by atoms with E-state index < -0.39 is 0 Å². The zero-order valence-corrected chi connectivity index (χ0v) is 9.76. The minimum absolute atomic E-state index is 0.00588. The SMILES string of the molecule is CC1COC(CO)CN1c1ncncc1Cl. The zero-order chi connectivity index (χ0) is 11.5. The molecule has 2 atom stereocenters. The third kappa shape index (κ3) is 2.26. The average Bonchev–Trinajstić information content (AvgIpc) is 2.31. The second kappa shape index (κ2) is 4.95. The van der Waals surface area contributed by atoms with Crippen LogP contribution in [0.15, 0.2) is 12.5 Å². The van der Waals surface area contributed by atoms with Gasteiger partial charge in [-0.05, 0) is 6.92 Å². The van der Waals surface area contributed by atoms with Crippen molar-refractivity contribution in [2.24, 2.45) is 0 Å². The van der Waals surface area contributed by atoms with E-state index in [-0.39, 0.29) is 18.8 Å². The standard InChI is InChI=1S/C10H14ClN3O2/c1-7-5-16-8(4-15)3-14(7)10-9(11)2-12-6-13-10/h2,6-8,15H,3-5H2,1H3. The fourth-order valence-corrected chi connectivity index (χ4v) is 1.95. The molecule has 88 valence electrons. The van der Waals surface area contributed by atoms with Crippen molar-refractivity contribution < 1.29 is 9.84 Å². The van der Waals surface area contributed by atoms with E-state index in [2.05, 4.69) is 9.97 Å². The summed E-state index contributed by atoms with van der Waals surface area (Å²) in [4.78, 5) is 10.1. The Morgan fingerprint density at radius 3 is 3.19 bits per heavy atom. The van der Waals surface area contributed by atoms with Crippen LogP contribution in [-0.4, -0.2) is 47.0 Å². The van der Waals surface area contributed by atoms with Gasteiger partial charge in [-0.2, -0.15) is 0 Å². The number of rotatable bonds is 2. The van der Waals surface area contributed by atoms with Crippen LogP contribution in [0, 0.1) is 0 Å². The van der Waals surface area contributed by atoms with Crippen LogP contribution in [0.2, 0.25) is 5.02 Å². The molecule has 1 fully saturated rings. The number of aliphatic hydroxyl groups is 1. The number of aromatic nitrogens is 2. The van der Waals surface area contributed by atoms with E-state index in [1.165, 1.54) is 6.33 Å². The van der Waals surface area contributed by atoms with Crippen molar-refractivity contribution in [1.29, 1.82) is 0 Å². The molecule has 1 aliphatic rings. The molecule has 1 aliphatic heterocycles. The molecular weight excluding hydrogens is 230 g/mol. The molecule has 1 saturated heterocycles. The third-order valence-corrected chi connectivity index (χ3v) is 2.90. The second-order valence-corrected chi connectivity index (χ2v) is 4.24. The summed E-state index contributed by atoms with van der Waals surface area (Å²) in [5.41, 5.74) is 0. The molecule has 6 heteroatoms. The summed E-state index contributed by atoms with van der Waals surface area (Å²) >= 11 is 6.04. The van der Waals surface area contributed by atoms with Crippen LogP contribution in [0.25, 0.3) is 0 Å². The lowest BCUT2D eigenvalue weighted by Gasteiger charge is -2.38. The molecule has 1 aromatic rings. The van der Waals surface area contributed by atoms with Gasteiger partial charge in [0.2, 0.25) is 0 Å². The number of morpholine rings is 1. The third-order valence-electron chi connectivity index (χ3n) is 2.63. The highest BCUT2D eigenvalue weighted by molar-refractivity contribution is 6.32. The number of hydrogen-bond donors (Lipinski definition) is 1. The Morgan fingerprint density at radius 2 is 2.50 bits per heavy atom. The van der Waals surface area contributed by atoms with Gasteiger partial charge in [0.25, 0.3) is 0 Å². The summed E-state index contributed by atoms with van der Waals surface area (Å²) in [7, 11) is 0. The van der Waals surface area contributed by atoms with Gasteiger partial charge >= 0.3 is 0 Å². The smallest absolute Gasteiger partial charge is 0.151 e. The van der Waals surface area contributed by atoms with Crippen molar-refractivity contribution in [3.05, 3.63) is 17.5 Å². The molecule has 0 spiro atoms. The lowest BCUT2D eigenvalue weighted by molar-refractivity contribution is -0.0105. The summed E-state index contributed by atoms with van der Waals surface area (Å²) in [6.07, 6.45) is 2.86. The molecule has 0 amide bonds. The highest BCUT2D eigenvalue weighted by atomic mass is 35.5. The normalized spacial score (nSPS) is 25.8. The van der Waals surface area contributed by atoms with Crippen molar-refractivity contribution in [2.45, 2.75) is 19.1 Å². The Hall–Kier alpha value is -0.910. The molecule has 0 radical (unpaired) electrons. The second-order valence-electron chi connectivity index (χ2n) is 3.83. The quantitative estimate of drug-likeness (QED) is 0.829. The van der Waals surface area contributed by atoms with Gasteiger partial charge in [-0.25, -0.2) is 9.97 Å². The Labute approximate surface area is 99.0 Å². The molecule has 16 heavy (non-hydrogen) atoms. The van der Waals surface area contributed by atoms with Crippen molar-refractivity contribution >= 4 is 17.4 Å². The predicted molar refractivity (Wildman–Crippen MR) is 60.7 cm³/mol. The number of hydrogen-bond acceptors (Lipinski definition) is 5. The van der Waals surface area contributed by atoms with E-state index in [0.717, 1.165) is 0 Å². The molecule has 2 heterocycles. The van der Waals surface area contributed by atoms with E-state index in [0.29, 0.717) is 24.0 Å². The Morgan fingerprint density at radius 1 is 1.69 bits per heavy atom. The largest absolute Gasteiger partial charge is 0.394 e. The fraction of sp³-hybridized carbons (Fsp3) is 0.600. The first kappa shape index (κ1) is 11.6. The number of anilines is 1. The minimum atomic E-state index is -0.178. The lowest BCUT2D eigenvalue weighted by atomic mass is 10.2. The highest BCUT2D eigenvalue weighted by Gasteiger charge is 2.27. The first-order valence-corrected chi connectivity index (χ1v) is 5.54. The van der Waals surface area contributed by atoms with Gasteiger partial charge in [0.15, 0.2) is 5.82 Å². The molecule has 0 saturated carbocycles. The van der Waals surface area contributed by atoms with Crippen LogP contribution in [0.5, 0.6) is 0 Å². The minimum Gasteiger partial charge on any atom is -0.394 e. The van der Waals surface area contributed by atoms with Crippen molar-refractivity contribution in [1.82, 2.24) is 9.97 Å². The maximum atomic E-state index is 9.09. The van der Waals surface area contributed by atoms with Gasteiger partial charge in [0.1, 0.15) is 11.3 Å². The topological polar surface area (TPSA) is 58.5 Å². The summed E-state index contributed by atoms with van der Waals surface area (Å²) < 4.78 is 5.45. The first-order valence-electron chi connectivity index (χ1n) is 5.17. The molecule has 0 bridgehead atoms. The highest BCUT2D eigenvalue weighted by Crippen LogP contribution is 2.25. The van der Waals surface area contributed by atoms with Crippen LogP contribution < -0.4 is 4.90 Å². The van der Waals surface area contributed by atoms with Gasteiger partial charge in [0, 0.05) is 6.54 Å². The van der Waals surface area contributed by atoms with Crippen LogP contribution in [-0.2, 0) is 4.74 Å². The van der Waals surface area contributed by atoms with Gasteiger partial charge in [0.05, 0.1) is 31.6 Å². The van der Waals surface area contributed by atoms with Crippen molar-refractivity contribution in [3.63, 3.8) is 0 Å². The molecule has 1 N–H and O–H groups in total. The van der Waals surface area contributed by atoms with Crippen molar-refractivity contribution in [2.75, 3.05) is 24.7 Å². The van der Waals surface area contributed by atoms with Crippen LogP contribution in [0.4, 0.5) is 5.82 Å². The van der Waals surface area contributed by atoms with Crippen LogP contribution in [0.1, 0.15) is 6.92 Å². The first-order chi connectivity index (χ1) is 7.72. The molecule has 0 aliphatic carbocycles. The van der Waals surface area contributed by atoms with Gasteiger partial charge < -0.3 is 14.7 Å². The fourth-order valence-electron chi connectivity index (χ4n) is 1.74. The van der Waals surface area contributed by atoms with E-state index in [9.17, 15) is 0 Å². The number of ether oxygens (including phenoxy) is 1. The molecule has 1 aromatic heterocycles. The number of halogens is 1. The molecule has 0 aromatic carbocycles. The molecule has 5 nitrogen and oxygen atoms in total. The number of aliphatic hydroxyl groups excluding tert-OH is 1. The Kier molecular flexibility index (Phi) is 3.58. The summed E-state index contributed by atoms with van der Waals surface area (Å²) in [5, 5.41) is 9.62. The van der Waals surface area contributed by atoms with Gasteiger partial charge in [-0.1, -0.05) is 11.6 Å². The van der Waals surface area contributed by atoms with Gasteiger partial charge in [-0.15, -0.1) is 0 Å². The number of nitrogens with zero attached hydrogens (tertiary/aromatic N) is 3. The van der Waals surface area contributed by atoms with Crippen LogP contribution >= 0.6 is 11.6 Å². The van der Waals surface area contributed by atoms with E-state index >= 15 is 0 Å². The predicted octanol–water partition coefficient (Wildman–Crippen LogP) is 0.716.